The van der Waals surface area contributed by atoms with E-state index in [0.717, 1.165) is 0 Å². The quantitative estimate of drug-likeness (QED) is 0.563. The van der Waals surface area contributed by atoms with E-state index in [1.807, 2.05) is 0 Å². The second-order valence-electron chi connectivity index (χ2n) is 3.85. The molecular formula is C11H13N5O2S. The van der Waals surface area contributed by atoms with Crippen LogP contribution in [0.25, 0.3) is 0 Å². The number of hydrazine groups is 1. The van der Waals surface area contributed by atoms with Crippen molar-refractivity contribution < 1.29 is 8.42 Å². The van der Waals surface area contributed by atoms with Gasteiger partial charge in [0.1, 0.15) is 18.0 Å². The minimum Gasteiger partial charge on any atom is -0.340 e. The van der Waals surface area contributed by atoms with Gasteiger partial charge in [0.25, 0.3) is 0 Å². The second kappa shape index (κ2) is 5.21. The number of nitrogens with zero attached hydrogens (tertiary/aromatic N) is 2. The third-order valence-electron chi connectivity index (χ3n) is 2.37. The zero-order valence-corrected chi connectivity index (χ0v) is 11.0. The number of aromatic nitrogens is 2. The molecule has 100 valence electrons. The van der Waals surface area contributed by atoms with Gasteiger partial charge in [0.2, 0.25) is 0 Å². The van der Waals surface area contributed by atoms with E-state index in [9.17, 15) is 8.42 Å². The van der Waals surface area contributed by atoms with Crippen LogP contribution in [0.3, 0.4) is 0 Å². The predicted molar refractivity (Wildman–Crippen MR) is 72.7 cm³/mol. The topological polar surface area (TPSA) is 110 Å². The lowest BCUT2D eigenvalue weighted by atomic mass is 10.3. The molecule has 2 aromatic rings. The van der Waals surface area contributed by atoms with Gasteiger partial charge in [-0.1, -0.05) is 0 Å². The first-order chi connectivity index (χ1) is 8.99. The first-order valence-corrected chi connectivity index (χ1v) is 7.24. The Morgan fingerprint density at radius 1 is 1.11 bits per heavy atom. The molecule has 8 heteroatoms. The van der Waals surface area contributed by atoms with Crippen LogP contribution >= 0.6 is 0 Å². The van der Waals surface area contributed by atoms with E-state index >= 15 is 0 Å². The summed E-state index contributed by atoms with van der Waals surface area (Å²) in [6, 6.07) is 8.01. The molecule has 0 aliphatic carbocycles. The fraction of sp³-hybridized carbons (Fsp3) is 0.0909. The smallest absolute Gasteiger partial charge is 0.175 e. The lowest BCUT2D eigenvalue weighted by Crippen LogP contribution is -2.09. The highest BCUT2D eigenvalue weighted by atomic mass is 32.2. The van der Waals surface area contributed by atoms with Gasteiger partial charge in [-0.25, -0.2) is 24.2 Å². The molecule has 1 aromatic heterocycles. The number of anilines is 3. The Morgan fingerprint density at radius 3 is 2.32 bits per heavy atom. The zero-order valence-electron chi connectivity index (χ0n) is 10.2. The number of hydrogen-bond donors (Lipinski definition) is 3. The number of nitrogens with one attached hydrogen (secondary N) is 2. The van der Waals surface area contributed by atoms with Gasteiger partial charge in [-0.2, -0.15) is 0 Å². The van der Waals surface area contributed by atoms with Crippen molar-refractivity contribution in [3.63, 3.8) is 0 Å². The Balaban J connectivity index is 2.19. The summed E-state index contributed by atoms with van der Waals surface area (Å²) in [5.74, 6) is 6.27. The summed E-state index contributed by atoms with van der Waals surface area (Å²) in [5.41, 5.74) is 3.13. The van der Waals surface area contributed by atoms with Crippen LogP contribution in [0, 0.1) is 0 Å². The summed E-state index contributed by atoms with van der Waals surface area (Å²) < 4.78 is 22.6. The van der Waals surface area contributed by atoms with Gasteiger partial charge in [-0.05, 0) is 24.3 Å². The molecule has 1 aromatic carbocycles. The predicted octanol–water partition coefficient (Wildman–Crippen LogP) is 0.909. The van der Waals surface area contributed by atoms with Gasteiger partial charge >= 0.3 is 0 Å². The van der Waals surface area contributed by atoms with Gasteiger partial charge in [0.05, 0.1) is 4.90 Å². The average molecular weight is 279 g/mol. The molecule has 19 heavy (non-hydrogen) atoms. The van der Waals surface area contributed by atoms with E-state index in [4.69, 9.17) is 5.84 Å². The molecule has 7 nitrogen and oxygen atoms in total. The molecule has 4 N–H and O–H groups in total. The van der Waals surface area contributed by atoms with E-state index in [0.29, 0.717) is 17.3 Å². The number of sulfone groups is 1. The Labute approximate surface area is 110 Å². The Hall–Kier alpha value is -2.19. The number of hydrogen-bond acceptors (Lipinski definition) is 7. The normalized spacial score (nSPS) is 11.1. The molecule has 0 unspecified atom stereocenters. The monoisotopic (exact) mass is 279 g/mol. The summed E-state index contributed by atoms with van der Waals surface area (Å²) in [6.45, 7) is 0. The van der Waals surface area contributed by atoms with E-state index in [1.165, 1.54) is 24.7 Å². The van der Waals surface area contributed by atoms with Gasteiger partial charge < -0.3 is 10.7 Å². The van der Waals surface area contributed by atoms with Crippen molar-refractivity contribution in [2.24, 2.45) is 5.84 Å². The first kappa shape index (κ1) is 13.2. The van der Waals surface area contributed by atoms with Gasteiger partial charge in [0.15, 0.2) is 9.84 Å². The van der Waals surface area contributed by atoms with Crippen molar-refractivity contribution in [3.05, 3.63) is 36.7 Å². The molecule has 0 spiro atoms. The summed E-state index contributed by atoms with van der Waals surface area (Å²) in [6.07, 6.45) is 2.53. The highest BCUT2D eigenvalue weighted by molar-refractivity contribution is 7.90. The maximum Gasteiger partial charge on any atom is 0.175 e. The lowest BCUT2D eigenvalue weighted by molar-refractivity contribution is 0.602. The van der Waals surface area contributed by atoms with Crippen molar-refractivity contribution in [1.82, 2.24) is 9.97 Å². The second-order valence-corrected chi connectivity index (χ2v) is 5.87. The molecule has 2 rings (SSSR count). The molecule has 0 fully saturated rings. The largest absolute Gasteiger partial charge is 0.340 e. The van der Waals surface area contributed by atoms with Crippen LogP contribution < -0.4 is 16.6 Å². The fourth-order valence-electron chi connectivity index (χ4n) is 1.44. The van der Waals surface area contributed by atoms with Gasteiger partial charge in [-0.3, -0.25) is 0 Å². The molecule has 0 saturated heterocycles. The SMILES string of the molecule is CS(=O)(=O)c1ccc(Nc2cc(NN)ncn2)cc1. The Morgan fingerprint density at radius 2 is 1.74 bits per heavy atom. The van der Waals surface area contributed by atoms with Crippen molar-refractivity contribution in [1.29, 1.82) is 0 Å². The molecule has 0 bridgehead atoms. The van der Waals surface area contributed by atoms with Gasteiger partial charge in [-0.15, -0.1) is 0 Å². The molecule has 0 radical (unpaired) electrons. The van der Waals surface area contributed by atoms with Crippen LogP contribution in [0.5, 0.6) is 0 Å². The third-order valence-corrected chi connectivity index (χ3v) is 3.50. The maximum absolute atomic E-state index is 11.3. The van der Waals surface area contributed by atoms with Crippen LogP contribution in [0.4, 0.5) is 17.3 Å². The summed E-state index contributed by atoms with van der Waals surface area (Å²) in [4.78, 5) is 8.17. The number of nitrogens with two attached hydrogens (primary N) is 1. The Bertz CT molecular complexity index is 670. The molecular weight excluding hydrogens is 266 g/mol. The van der Waals surface area contributed by atoms with Crippen LogP contribution in [0.1, 0.15) is 0 Å². The summed E-state index contributed by atoms with van der Waals surface area (Å²) in [5, 5.41) is 3.02. The third kappa shape index (κ3) is 3.39. The number of rotatable bonds is 4. The average Bonchev–Trinajstić information content (AvgIpc) is 2.38. The minimum atomic E-state index is -3.18. The van der Waals surface area contributed by atoms with Crippen molar-refractivity contribution in [2.75, 3.05) is 17.0 Å². The molecule has 0 aliphatic rings. The number of benzene rings is 1. The fourth-order valence-corrected chi connectivity index (χ4v) is 2.07. The molecule has 0 aliphatic heterocycles. The highest BCUT2D eigenvalue weighted by Crippen LogP contribution is 2.18. The van der Waals surface area contributed by atoms with Crippen LogP contribution in [-0.2, 0) is 9.84 Å². The molecule has 1 heterocycles. The van der Waals surface area contributed by atoms with Crippen LogP contribution in [-0.4, -0.2) is 24.6 Å². The molecule has 0 atom stereocenters. The van der Waals surface area contributed by atoms with Crippen LogP contribution in [0.2, 0.25) is 0 Å². The molecule has 0 amide bonds. The highest BCUT2D eigenvalue weighted by Gasteiger charge is 2.06. The van der Waals surface area contributed by atoms with Crippen molar-refractivity contribution >= 4 is 27.2 Å². The lowest BCUT2D eigenvalue weighted by Gasteiger charge is -2.07. The van der Waals surface area contributed by atoms with Crippen molar-refractivity contribution in [3.8, 4) is 0 Å². The zero-order chi connectivity index (χ0) is 13.9. The maximum atomic E-state index is 11.3. The number of nitrogen functional groups attached to an aromatic ring is 1. The Kier molecular flexibility index (Phi) is 3.63. The van der Waals surface area contributed by atoms with E-state index in [2.05, 4.69) is 20.7 Å². The van der Waals surface area contributed by atoms with Gasteiger partial charge in [0, 0.05) is 18.0 Å². The van der Waals surface area contributed by atoms with E-state index < -0.39 is 9.84 Å². The van der Waals surface area contributed by atoms with E-state index in [1.54, 1.807) is 18.2 Å². The summed E-state index contributed by atoms with van der Waals surface area (Å²) in [7, 11) is -3.18. The van der Waals surface area contributed by atoms with Crippen molar-refractivity contribution in [2.45, 2.75) is 4.90 Å². The molecule has 0 saturated carbocycles. The minimum absolute atomic E-state index is 0.269. The first-order valence-electron chi connectivity index (χ1n) is 5.35. The summed E-state index contributed by atoms with van der Waals surface area (Å²) >= 11 is 0. The van der Waals surface area contributed by atoms with Crippen LogP contribution in [0.15, 0.2) is 41.6 Å². The standard InChI is InChI=1S/C11H13N5O2S/c1-19(17,18)9-4-2-8(3-5-9)15-10-6-11(16-12)14-7-13-10/h2-7H,12H2,1H3,(H2,13,14,15,16). The van der Waals surface area contributed by atoms with E-state index in [-0.39, 0.29) is 4.90 Å².